The van der Waals surface area contributed by atoms with Crippen LogP contribution in [0.3, 0.4) is 0 Å². The lowest BCUT2D eigenvalue weighted by atomic mass is 9.98. The van der Waals surface area contributed by atoms with Gasteiger partial charge in [-0.1, -0.05) is 23.3 Å². The molecule has 3 atom stereocenters. The number of methoxy groups -OCH3 is 1. The molecule has 0 unspecified atom stereocenters. The number of hydrogen-bond donors (Lipinski definition) is 2. The van der Waals surface area contributed by atoms with Gasteiger partial charge in [0.1, 0.15) is 17.6 Å². The van der Waals surface area contributed by atoms with E-state index in [0.717, 1.165) is 40.7 Å². The number of ether oxygens (including phenoxy) is 3. The van der Waals surface area contributed by atoms with Crippen LogP contribution in [0.5, 0.6) is 11.5 Å². The third-order valence-electron chi connectivity index (χ3n) is 6.77. The van der Waals surface area contributed by atoms with Crippen molar-refractivity contribution in [3.63, 3.8) is 0 Å². The van der Waals surface area contributed by atoms with Gasteiger partial charge in [0.15, 0.2) is 0 Å². The summed E-state index contributed by atoms with van der Waals surface area (Å²) in [5.74, 6) is 0.677. The van der Waals surface area contributed by atoms with Gasteiger partial charge in [-0.15, -0.1) is 0 Å². The van der Waals surface area contributed by atoms with Crippen LogP contribution in [0.4, 0.5) is 0 Å². The van der Waals surface area contributed by atoms with E-state index in [1.165, 1.54) is 6.92 Å². The van der Waals surface area contributed by atoms with Crippen LogP contribution in [-0.2, 0) is 20.7 Å². The molecule has 0 amide bonds. The average molecular weight is 501 g/mol. The average Bonchev–Trinajstić information content (AvgIpc) is 3.06. The number of rotatable bonds is 11. The molecule has 1 aromatic carbocycles. The van der Waals surface area contributed by atoms with Gasteiger partial charge in [0.05, 0.1) is 24.9 Å². The van der Waals surface area contributed by atoms with Gasteiger partial charge in [0, 0.05) is 25.3 Å². The van der Waals surface area contributed by atoms with Crippen LogP contribution in [0.1, 0.15) is 78.4 Å². The van der Waals surface area contributed by atoms with E-state index in [-0.39, 0.29) is 23.9 Å². The van der Waals surface area contributed by atoms with Crippen LogP contribution >= 0.6 is 0 Å². The number of hydrogen-bond acceptors (Lipinski definition) is 6. The summed E-state index contributed by atoms with van der Waals surface area (Å²) in [7, 11) is 1.61. The van der Waals surface area contributed by atoms with Crippen LogP contribution in [0.2, 0.25) is 0 Å². The van der Waals surface area contributed by atoms with Crippen molar-refractivity contribution in [2.75, 3.05) is 7.11 Å². The van der Waals surface area contributed by atoms with Gasteiger partial charge >= 0.3 is 5.97 Å². The maximum atomic E-state index is 11.7. The van der Waals surface area contributed by atoms with Gasteiger partial charge in [-0.25, -0.2) is 0 Å². The summed E-state index contributed by atoms with van der Waals surface area (Å²) in [4.78, 5) is 11.7. The minimum atomic E-state index is -0.512. The van der Waals surface area contributed by atoms with Crippen LogP contribution in [-0.4, -0.2) is 47.2 Å². The van der Waals surface area contributed by atoms with E-state index in [1.54, 1.807) is 13.2 Å². The molecule has 1 heterocycles. The number of carbonyl (C=O) groups is 1. The summed E-state index contributed by atoms with van der Waals surface area (Å²) < 4.78 is 16.9. The summed E-state index contributed by atoms with van der Waals surface area (Å²) in [5, 5.41) is 20.6. The summed E-state index contributed by atoms with van der Waals surface area (Å²) >= 11 is 0. The lowest BCUT2D eigenvalue weighted by Crippen LogP contribution is -2.31. The quantitative estimate of drug-likeness (QED) is 0.281. The Kier molecular flexibility index (Phi) is 10.8. The molecule has 0 saturated carbocycles. The van der Waals surface area contributed by atoms with E-state index >= 15 is 0 Å². The fraction of sp³-hybridized carbons (Fsp3) is 0.567. The molecule has 1 aromatic rings. The van der Waals surface area contributed by atoms with E-state index in [2.05, 4.69) is 26.0 Å². The van der Waals surface area contributed by atoms with E-state index in [1.807, 2.05) is 39.8 Å². The van der Waals surface area contributed by atoms with Crippen LogP contribution in [0.25, 0.3) is 0 Å². The van der Waals surface area contributed by atoms with Crippen molar-refractivity contribution in [1.29, 1.82) is 0 Å². The molecule has 0 aliphatic carbocycles. The Balaban J connectivity index is 2.00. The first-order valence-electron chi connectivity index (χ1n) is 12.7. The fourth-order valence-corrected chi connectivity index (χ4v) is 4.44. The molecule has 1 aliphatic rings. The molecule has 0 aromatic heterocycles. The maximum Gasteiger partial charge on any atom is 0.303 e. The molecule has 6 heteroatoms. The topological polar surface area (TPSA) is 85.2 Å². The predicted molar refractivity (Wildman–Crippen MR) is 143 cm³/mol. The summed E-state index contributed by atoms with van der Waals surface area (Å²) in [6, 6.07) is 3.65. The first-order chi connectivity index (χ1) is 16.8. The summed E-state index contributed by atoms with van der Waals surface area (Å²) in [5.41, 5.74) is 4.41. The number of phenolic OH excluding ortho intramolecular Hbond substituents is 1. The second kappa shape index (κ2) is 13.1. The zero-order chi connectivity index (χ0) is 27.0. The molecule has 0 spiro atoms. The van der Waals surface area contributed by atoms with Crippen molar-refractivity contribution in [3.05, 3.63) is 58.2 Å². The molecule has 200 valence electrons. The zero-order valence-electron chi connectivity index (χ0n) is 23.2. The van der Waals surface area contributed by atoms with E-state index in [9.17, 15) is 15.0 Å². The van der Waals surface area contributed by atoms with Crippen LogP contribution < -0.4 is 4.74 Å². The van der Waals surface area contributed by atoms with Crippen molar-refractivity contribution in [3.8, 4) is 11.5 Å². The van der Waals surface area contributed by atoms with Crippen molar-refractivity contribution in [2.45, 2.75) is 104 Å². The highest BCUT2D eigenvalue weighted by Crippen LogP contribution is 2.33. The Morgan fingerprint density at radius 1 is 1.19 bits per heavy atom. The monoisotopic (exact) mass is 500 g/mol. The SMILES string of the molecule is COc1cc(C)c(O)c(CC=C(C)C[C@H](C=C(C)CCC=C(C)[C@@H]2C[C@H](O)C(C)(C)O2)OC(C)=O)c1. The Morgan fingerprint density at radius 3 is 2.47 bits per heavy atom. The molecular weight excluding hydrogens is 456 g/mol. The Labute approximate surface area is 216 Å². The number of aliphatic hydroxyl groups is 1. The molecule has 1 aliphatic heterocycles. The minimum Gasteiger partial charge on any atom is -0.507 e. The standard InChI is InChI=1S/C30H44O6/c1-19(10-9-11-21(3)27-18-28(32)30(6,7)36-27)14-26(35-23(5)31)15-20(2)12-13-24-17-25(34-8)16-22(4)29(24)33/h11-12,14,16-17,26-28,32-33H,9-10,13,15,18H2,1-8H3/t26-,27-,28-/m0/s1. The second-order valence-corrected chi connectivity index (χ2v) is 10.5. The number of aryl methyl sites for hydroxylation is 1. The van der Waals surface area contributed by atoms with Crippen molar-refractivity contribution < 1.29 is 29.2 Å². The third kappa shape index (κ3) is 8.82. The number of esters is 1. The van der Waals surface area contributed by atoms with Crippen LogP contribution in [0.15, 0.2) is 47.1 Å². The maximum absolute atomic E-state index is 11.7. The number of carbonyl (C=O) groups excluding carboxylic acids is 1. The van der Waals surface area contributed by atoms with Gasteiger partial charge in [0.2, 0.25) is 0 Å². The van der Waals surface area contributed by atoms with Crippen LogP contribution in [0, 0.1) is 6.92 Å². The van der Waals surface area contributed by atoms with Gasteiger partial charge in [-0.2, -0.15) is 0 Å². The lowest BCUT2D eigenvalue weighted by Gasteiger charge is -2.22. The highest BCUT2D eigenvalue weighted by atomic mass is 16.5. The lowest BCUT2D eigenvalue weighted by molar-refractivity contribution is -0.144. The number of aliphatic hydroxyl groups excluding tert-OH is 1. The van der Waals surface area contributed by atoms with E-state index in [0.29, 0.717) is 25.0 Å². The largest absolute Gasteiger partial charge is 0.507 e. The molecular formula is C30H44O6. The molecule has 1 fully saturated rings. The molecule has 6 nitrogen and oxygen atoms in total. The predicted octanol–water partition coefficient (Wildman–Crippen LogP) is 6.12. The smallest absolute Gasteiger partial charge is 0.303 e. The van der Waals surface area contributed by atoms with E-state index < -0.39 is 11.7 Å². The van der Waals surface area contributed by atoms with Gasteiger partial charge in [-0.3, -0.25) is 4.79 Å². The normalized spacial score (nSPS) is 21.4. The third-order valence-corrected chi connectivity index (χ3v) is 6.77. The highest BCUT2D eigenvalue weighted by molar-refractivity contribution is 5.66. The van der Waals surface area contributed by atoms with Gasteiger partial charge < -0.3 is 24.4 Å². The Bertz CT molecular complexity index is 1000. The number of phenols is 1. The second-order valence-electron chi connectivity index (χ2n) is 10.5. The molecule has 2 rings (SSSR count). The van der Waals surface area contributed by atoms with E-state index in [4.69, 9.17) is 14.2 Å². The molecule has 0 radical (unpaired) electrons. The number of allylic oxidation sites excluding steroid dienone is 3. The van der Waals surface area contributed by atoms with Gasteiger partial charge in [0.25, 0.3) is 0 Å². The van der Waals surface area contributed by atoms with Crippen molar-refractivity contribution >= 4 is 5.97 Å². The molecule has 1 saturated heterocycles. The summed E-state index contributed by atoms with van der Waals surface area (Å²) in [6.45, 7) is 13.2. The highest BCUT2D eigenvalue weighted by Gasteiger charge is 2.40. The van der Waals surface area contributed by atoms with Gasteiger partial charge in [-0.05, 0) is 90.2 Å². The molecule has 36 heavy (non-hydrogen) atoms. The molecule has 0 bridgehead atoms. The number of aromatic hydroxyl groups is 1. The zero-order valence-corrected chi connectivity index (χ0v) is 23.2. The first-order valence-corrected chi connectivity index (χ1v) is 12.7. The summed E-state index contributed by atoms with van der Waals surface area (Å²) in [6.07, 6.45) is 8.85. The Hall–Kier alpha value is -2.57. The first kappa shape index (κ1) is 29.7. The number of benzene rings is 1. The fourth-order valence-electron chi connectivity index (χ4n) is 4.44. The Morgan fingerprint density at radius 2 is 1.89 bits per heavy atom. The van der Waals surface area contributed by atoms with Crippen molar-refractivity contribution in [2.24, 2.45) is 0 Å². The van der Waals surface area contributed by atoms with Crippen molar-refractivity contribution in [1.82, 2.24) is 0 Å². The molecule has 2 N–H and O–H groups in total. The minimum absolute atomic E-state index is 0.0475.